The van der Waals surface area contributed by atoms with Gasteiger partial charge in [0.15, 0.2) is 0 Å². The number of urea groups is 1. The minimum Gasteiger partial charge on any atom is -0.465 e. The lowest BCUT2D eigenvalue weighted by Gasteiger charge is -2.26. The molecule has 4 rings (SSSR count). The zero-order valence-corrected chi connectivity index (χ0v) is 19.5. The molecule has 0 unspecified atom stereocenters. The van der Waals surface area contributed by atoms with E-state index in [1.54, 1.807) is 48.5 Å². The number of barbiturate groups is 1. The van der Waals surface area contributed by atoms with E-state index in [1.807, 2.05) is 12.1 Å². The number of amides is 4. The highest BCUT2D eigenvalue weighted by Gasteiger charge is 2.37. The molecule has 0 aliphatic carbocycles. The van der Waals surface area contributed by atoms with Gasteiger partial charge < -0.3 is 9.15 Å². The third kappa shape index (κ3) is 4.77. The highest BCUT2D eigenvalue weighted by atomic mass is 16.5. The molecule has 2 heterocycles. The average molecular weight is 472 g/mol. The van der Waals surface area contributed by atoms with Gasteiger partial charge in [-0.1, -0.05) is 38.1 Å². The minimum atomic E-state index is -0.806. The van der Waals surface area contributed by atoms with Gasteiger partial charge in [0.25, 0.3) is 11.8 Å². The van der Waals surface area contributed by atoms with Crippen LogP contribution in [0.1, 0.15) is 47.9 Å². The fraction of sp³-hybridized carbons (Fsp3) is 0.185. The van der Waals surface area contributed by atoms with Gasteiger partial charge >= 0.3 is 12.0 Å². The summed E-state index contributed by atoms with van der Waals surface area (Å²) in [5.41, 5.74) is 2.33. The first-order chi connectivity index (χ1) is 16.8. The number of imide groups is 2. The van der Waals surface area contributed by atoms with E-state index >= 15 is 0 Å². The molecule has 3 aromatic rings. The Labute approximate surface area is 202 Å². The highest BCUT2D eigenvalue weighted by molar-refractivity contribution is 6.39. The Bertz CT molecular complexity index is 1320. The molecule has 1 atom stereocenters. The Balaban J connectivity index is 1.59. The molecule has 1 saturated heterocycles. The minimum absolute atomic E-state index is 0.224. The number of benzene rings is 2. The monoisotopic (exact) mass is 472 g/mol. The van der Waals surface area contributed by atoms with Gasteiger partial charge in [0.1, 0.15) is 17.1 Å². The molecule has 35 heavy (non-hydrogen) atoms. The van der Waals surface area contributed by atoms with Gasteiger partial charge in [0.2, 0.25) is 0 Å². The first-order valence-corrected chi connectivity index (χ1v) is 11.1. The van der Waals surface area contributed by atoms with Crippen molar-refractivity contribution in [2.45, 2.75) is 26.2 Å². The summed E-state index contributed by atoms with van der Waals surface area (Å²) < 4.78 is 10.5. The van der Waals surface area contributed by atoms with Crippen molar-refractivity contribution in [1.82, 2.24) is 5.32 Å². The SMILES string of the molecule is CC[C@@H](C)c1ccc(N2C(=O)NC(=O)/C(=C\c3ccc(-c4ccc(C(=O)OC)cc4)o3)C2=O)cc1. The zero-order valence-electron chi connectivity index (χ0n) is 19.5. The van der Waals surface area contributed by atoms with Gasteiger partial charge in [-0.05, 0) is 60.4 Å². The number of carbonyl (C=O) groups is 4. The molecule has 1 fully saturated rings. The van der Waals surface area contributed by atoms with E-state index < -0.39 is 23.8 Å². The number of anilines is 1. The number of methoxy groups -OCH3 is 1. The average Bonchev–Trinajstić information content (AvgIpc) is 3.34. The fourth-order valence-corrected chi connectivity index (χ4v) is 3.70. The van der Waals surface area contributed by atoms with E-state index in [0.29, 0.717) is 28.5 Å². The topological polar surface area (TPSA) is 106 Å². The molecule has 1 aliphatic rings. The molecule has 8 heteroatoms. The molecule has 1 N–H and O–H groups in total. The third-order valence-electron chi connectivity index (χ3n) is 5.94. The van der Waals surface area contributed by atoms with Crippen LogP contribution in [0.2, 0.25) is 0 Å². The van der Waals surface area contributed by atoms with Crippen molar-refractivity contribution in [1.29, 1.82) is 0 Å². The first-order valence-electron chi connectivity index (χ1n) is 11.1. The molecule has 1 aromatic heterocycles. The molecular formula is C27H24N2O6. The van der Waals surface area contributed by atoms with E-state index in [9.17, 15) is 19.2 Å². The largest absolute Gasteiger partial charge is 0.465 e. The zero-order chi connectivity index (χ0) is 25.1. The fourth-order valence-electron chi connectivity index (χ4n) is 3.70. The van der Waals surface area contributed by atoms with Crippen molar-refractivity contribution in [3.8, 4) is 11.3 Å². The van der Waals surface area contributed by atoms with Gasteiger partial charge in [-0.3, -0.25) is 14.9 Å². The second-order valence-corrected chi connectivity index (χ2v) is 8.13. The van der Waals surface area contributed by atoms with Gasteiger partial charge in [-0.2, -0.15) is 0 Å². The van der Waals surface area contributed by atoms with Gasteiger partial charge in [0, 0.05) is 5.56 Å². The lowest BCUT2D eigenvalue weighted by atomic mass is 9.98. The second-order valence-electron chi connectivity index (χ2n) is 8.13. The van der Waals surface area contributed by atoms with Gasteiger partial charge in [-0.25, -0.2) is 14.5 Å². The van der Waals surface area contributed by atoms with Crippen LogP contribution < -0.4 is 10.2 Å². The molecule has 0 saturated carbocycles. The van der Waals surface area contributed by atoms with E-state index in [2.05, 4.69) is 19.2 Å². The van der Waals surface area contributed by atoms with E-state index in [4.69, 9.17) is 9.15 Å². The number of hydrogen-bond acceptors (Lipinski definition) is 6. The van der Waals surface area contributed by atoms with Crippen LogP contribution in [0.25, 0.3) is 17.4 Å². The van der Waals surface area contributed by atoms with Gasteiger partial charge in [-0.15, -0.1) is 0 Å². The molecule has 0 radical (unpaired) electrons. The van der Waals surface area contributed by atoms with Crippen LogP contribution in [0.15, 0.2) is 70.7 Å². The molecule has 4 amide bonds. The highest BCUT2D eigenvalue weighted by Crippen LogP contribution is 2.27. The molecular weight excluding hydrogens is 448 g/mol. The van der Waals surface area contributed by atoms with Crippen molar-refractivity contribution in [2.75, 3.05) is 12.0 Å². The van der Waals surface area contributed by atoms with Gasteiger partial charge in [0.05, 0.1) is 18.4 Å². The Kier molecular flexibility index (Phi) is 6.64. The van der Waals surface area contributed by atoms with Crippen LogP contribution in [0.4, 0.5) is 10.5 Å². The van der Waals surface area contributed by atoms with Crippen LogP contribution >= 0.6 is 0 Å². The summed E-state index contributed by atoms with van der Waals surface area (Å²) in [6.07, 6.45) is 2.27. The standard InChI is InChI=1S/C27H24N2O6/c1-4-16(2)17-9-11-20(12-10-17)29-25(31)22(24(30)28-27(29)33)15-21-13-14-23(35-21)18-5-7-19(8-6-18)26(32)34-3/h5-16H,4H2,1-3H3,(H,28,30,33)/b22-15+/t16-/m1/s1. The lowest BCUT2D eigenvalue weighted by molar-refractivity contribution is -0.122. The number of hydrogen-bond donors (Lipinski definition) is 1. The summed E-state index contributed by atoms with van der Waals surface area (Å²) in [6.45, 7) is 4.18. The van der Waals surface area contributed by atoms with Crippen LogP contribution in [-0.2, 0) is 14.3 Å². The molecule has 0 spiro atoms. The van der Waals surface area contributed by atoms with Crippen LogP contribution in [0.5, 0.6) is 0 Å². The predicted molar refractivity (Wildman–Crippen MR) is 130 cm³/mol. The van der Waals surface area contributed by atoms with Crippen molar-refractivity contribution >= 4 is 35.6 Å². The number of nitrogens with zero attached hydrogens (tertiary/aromatic N) is 1. The predicted octanol–water partition coefficient (Wildman–Crippen LogP) is 4.91. The number of esters is 1. The summed E-state index contributed by atoms with van der Waals surface area (Å²) in [7, 11) is 1.31. The normalized spacial score (nSPS) is 15.8. The molecule has 0 bridgehead atoms. The van der Waals surface area contributed by atoms with E-state index in [1.165, 1.54) is 13.2 Å². The quantitative estimate of drug-likeness (QED) is 0.310. The van der Waals surface area contributed by atoms with Crippen molar-refractivity contribution in [3.05, 3.63) is 83.1 Å². The van der Waals surface area contributed by atoms with E-state index in [0.717, 1.165) is 16.9 Å². The summed E-state index contributed by atoms with van der Waals surface area (Å²) in [6, 6.07) is 16.2. The van der Waals surface area contributed by atoms with E-state index in [-0.39, 0.29) is 11.3 Å². The summed E-state index contributed by atoms with van der Waals surface area (Å²) in [5.74, 6) is -0.903. The summed E-state index contributed by atoms with van der Waals surface area (Å²) >= 11 is 0. The van der Waals surface area contributed by atoms with Crippen molar-refractivity contribution in [3.63, 3.8) is 0 Å². The lowest BCUT2D eigenvalue weighted by Crippen LogP contribution is -2.54. The number of furan rings is 1. The Morgan fingerprint density at radius 1 is 1.03 bits per heavy atom. The molecule has 1 aliphatic heterocycles. The number of ether oxygens (including phenoxy) is 1. The van der Waals surface area contributed by atoms with Crippen LogP contribution in [0.3, 0.4) is 0 Å². The smallest absolute Gasteiger partial charge is 0.337 e. The Hall–Kier alpha value is -4.46. The molecule has 178 valence electrons. The van der Waals surface area contributed by atoms with Crippen molar-refractivity contribution in [2.24, 2.45) is 0 Å². The number of rotatable bonds is 6. The maximum absolute atomic E-state index is 13.1. The number of nitrogens with one attached hydrogen (secondary N) is 1. The second kappa shape index (κ2) is 9.80. The molecule has 2 aromatic carbocycles. The van der Waals surface area contributed by atoms with Crippen LogP contribution in [-0.4, -0.2) is 30.9 Å². The maximum atomic E-state index is 13.1. The number of carbonyl (C=O) groups excluding carboxylic acids is 4. The van der Waals surface area contributed by atoms with Crippen molar-refractivity contribution < 1.29 is 28.3 Å². The Morgan fingerprint density at radius 3 is 2.34 bits per heavy atom. The third-order valence-corrected chi connectivity index (χ3v) is 5.94. The summed E-state index contributed by atoms with van der Waals surface area (Å²) in [5, 5.41) is 2.21. The van der Waals surface area contributed by atoms with Crippen LogP contribution in [0, 0.1) is 0 Å². The molecule has 8 nitrogen and oxygen atoms in total. The Morgan fingerprint density at radius 2 is 1.71 bits per heavy atom. The first kappa shape index (κ1) is 23.7. The summed E-state index contributed by atoms with van der Waals surface area (Å²) in [4.78, 5) is 50.6. The maximum Gasteiger partial charge on any atom is 0.337 e.